The Kier molecular flexibility index (Phi) is 2.09. The molecule has 0 saturated carbocycles. The quantitative estimate of drug-likeness (QED) is 0.715. The molecule has 0 atom stereocenters. The Morgan fingerprint density at radius 2 is 2.05 bits per heavy atom. The molecule has 2 aromatic heterocycles. The summed E-state index contributed by atoms with van der Waals surface area (Å²) in [5, 5.41) is 4.75. The smallest absolute Gasteiger partial charge is 0.260 e. The number of nitrogens with one attached hydrogen (secondary N) is 1. The van der Waals surface area contributed by atoms with E-state index in [1.807, 2.05) is 12.1 Å². The van der Waals surface area contributed by atoms with Gasteiger partial charge in [-0.1, -0.05) is 0 Å². The van der Waals surface area contributed by atoms with Crippen molar-refractivity contribution in [2.45, 2.75) is 19.3 Å². The van der Waals surface area contributed by atoms with Gasteiger partial charge in [0.1, 0.15) is 0 Å². The van der Waals surface area contributed by atoms with Crippen LogP contribution in [-0.4, -0.2) is 19.7 Å². The van der Waals surface area contributed by atoms with Gasteiger partial charge in [-0.3, -0.25) is 9.78 Å². The molecule has 0 amide bonds. The molecule has 3 aromatic rings. The lowest BCUT2D eigenvalue weighted by atomic mass is 10.1. The Bertz CT molecular complexity index is 817. The molecule has 0 radical (unpaired) electrons. The molecule has 1 aromatic carbocycles. The fourth-order valence-electron chi connectivity index (χ4n) is 2.70. The van der Waals surface area contributed by atoms with E-state index in [9.17, 15) is 4.79 Å². The molecule has 94 valence electrons. The highest BCUT2D eigenvalue weighted by molar-refractivity contribution is 5.80. The van der Waals surface area contributed by atoms with Crippen molar-refractivity contribution in [3.63, 3.8) is 0 Å². The molecule has 4 rings (SSSR count). The summed E-state index contributed by atoms with van der Waals surface area (Å²) in [6, 6.07) is 5.82. The average molecular weight is 252 g/mol. The summed E-state index contributed by atoms with van der Waals surface area (Å²) in [5.41, 5.74) is 3.24. The minimum absolute atomic E-state index is 0.106. The predicted octanol–water partition coefficient (Wildman–Crippen LogP) is 1.60. The maximum absolute atomic E-state index is 12.2. The van der Waals surface area contributed by atoms with Gasteiger partial charge in [0, 0.05) is 12.4 Å². The van der Waals surface area contributed by atoms with Gasteiger partial charge in [-0.05, 0) is 48.6 Å². The van der Waals surface area contributed by atoms with Crippen LogP contribution in [0.3, 0.4) is 0 Å². The fraction of sp³-hybridized carbons (Fsp3) is 0.214. The Morgan fingerprint density at radius 3 is 2.84 bits per heavy atom. The topological polar surface area (TPSA) is 63.6 Å². The van der Waals surface area contributed by atoms with Gasteiger partial charge >= 0.3 is 0 Å². The van der Waals surface area contributed by atoms with Gasteiger partial charge in [0.25, 0.3) is 5.56 Å². The third-order valence-corrected chi connectivity index (χ3v) is 3.63. The summed E-state index contributed by atoms with van der Waals surface area (Å²) in [6.45, 7) is 0. The molecule has 0 aliphatic heterocycles. The highest BCUT2D eigenvalue weighted by atomic mass is 16.1. The summed E-state index contributed by atoms with van der Waals surface area (Å²) in [7, 11) is 0. The molecule has 0 fully saturated rings. The van der Waals surface area contributed by atoms with E-state index in [2.05, 4.69) is 15.1 Å². The number of fused-ring (bicyclic) bond motifs is 2. The minimum atomic E-state index is -0.106. The van der Waals surface area contributed by atoms with Crippen LogP contribution >= 0.6 is 0 Å². The lowest BCUT2D eigenvalue weighted by Gasteiger charge is -2.05. The van der Waals surface area contributed by atoms with Gasteiger partial charge < -0.3 is 0 Å². The lowest BCUT2D eigenvalue weighted by Crippen LogP contribution is -2.14. The van der Waals surface area contributed by atoms with Crippen LogP contribution in [-0.2, 0) is 12.8 Å². The SMILES string of the molecule is O=c1[nH]c(-n2cccn2)nc2cc3c(cc12)CCC3. The summed E-state index contributed by atoms with van der Waals surface area (Å²) < 4.78 is 1.56. The van der Waals surface area contributed by atoms with Crippen LogP contribution in [0.15, 0.2) is 35.4 Å². The molecule has 2 heterocycles. The fourth-order valence-corrected chi connectivity index (χ4v) is 2.70. The molecule has 19 heavy (non-hydrogen) atoms. The average Bonchev–Trinajstić information content (AvgIpc) is 3.07. The van der Waals surface area contributed by atoms with Crippen molar-refractivity contribution in [1.82, 2.24) is 19.7 Å². The number of rotatable bonds is 1. The van der Waals surface area contributed by atoms with Gasteiger partial charge in [0.2, 0.25) is 5.95 Å². The molecule has 0 unspecified atom stereocenters. The second-order valence-electron chi connectivity index (χ2n) is 4.83. The van der Waals surface area contributed by atoms with Gasteiger partial charge in [-0.2, -0.15) is 5.10 Å². The third kappa shape index (κ3) is 1.58. The number of aryl methyl sites for hydroxylation is 2. The number of H-pyrrole nitrogens is 1. The molecule has 0 spiro atoms. The van der Waals surface area contributed by atoms with Crippen LogP contribution < -0.4 is 5.56 Å². The normalized spacial score (nSPS) is 13.9. The minimum Gasteiger partial charge on any atom is -0.290 e. The van der Waals surface area contributed by atoms with E-state index in [0.29, 0.717) is 11.3 Å². The van der Waals surface area contributed by atoms with E-state index < -0.39 is 0 Å². The van der Waals surface area contributed by atoms with Crippen molar-refractivity contribution >= 4 is 10.9 Å². The second kappa shape index (κ2) is 3.78. The Morgan fingerprint density at radius 1 is 1.21 bits per heavy atom. The Balaban J connectivity index is 2.01. The van der Waals surface area contributed by atoms with E-state index >= 15 is 0 Å². The van der Waals surface area contributed by atoms with Gasteiger partial charge in [0.05, 0.1) is 10.9 Å². The Labute approximate surface area is 108 Å². The zero-order valence-corrected chi connectivity index (χ0v) is 10.3. The molecular weight excluding hydrogens is 240 g/mol. The van der Waals surface area contributed by atoms with Gasteiger partial charge in [0.15, 0.2) is 0 Å². The van der Waals surface area contributed by atoms with Crippen molar-refractivity contribution in [3.8, 4) is 5.95 Å². The van der Waals surface area contributed by atoms with Crippen LogP contribution in [0.25, 0.3) is 16.9 Å². The molecule has 0 bridgehead atoms. The van der Waals surface area contributed by atoms with Crippen LogP contribution in [0.5, 0.6) is 0 Å². The molecular formula is C14H12N4O. The van der Waals surface area contributed by atoms with Crippen LogP contribution in [0.4, 0.5) is 0 Å². The van der Waals surface area contributed by atoms with Crippen molar-refractivity contribution < 1.29 is 0 Å². The highest BCUT2D eigenvalue weighted by Crippen LogP contribution is 2.25. The number of aromatic amines is 1. The van der Waals surface area contributed by atoms with Gasteiger partial charge in [-0.25, -0.2) is 9.67 Å². The maximum Gasteiger partial charge on any atom is 0.260 e. The summed E-state index contributed by atoms with van der Waals surface area (Å²) in [4.78, 5) is 19.4. The summed E-state index contributed by atoms with van der Waals surface area (Å²) in [6.07, 6.45) is 6.72. The molecule has 1 aliphatic rings. The number of benzene rings is 1. The number of hydrogen-bond acceptors (Lipinski definition) is 3. The predicted molar refractivity (Wildman–Crippen MR) is 71.5 cm³/mol. The molecule has 1 N–H and O–H groups in total. The molecule has 5 heteroatoms. The molecule has 0 saturated heterocycles. The van der Waals surface area contributed by atoms with Crippen LogP contribution in [0.1, 0.15) is 17.5 Å². The first kappa shape index (κ1) is 10.5. The van der Waals surface area contributed by atoms with E-state index in [1.165, 1.54) is 11.1 Å². The highest BCUT2D eigenvalue weighted by Gasteiger charge is 2.14. The summed E-state index contributed by atoms with van der Waals surface area (Å²) in [5.74, 6) is 0.459. The van der Waals surface area contributed by atoms with Crippen molar-refractivity contribution in [2.24, 2.45) is 0 Å². The van der Waals surface area contributed by atoms with Crippen molar-refractivity contribution in [2.75, 3.05) is 0 Å². The molecule has 5 nitrogen and oxygen atoms in total. The Hall–Kier alpha value is -2.43. The largest absolute Gasteiger partial charge is 0.290 e. The zero-order valence-electron chi connectivity index (χ0n) is 10.3. The number of nitrogens with zero attached hydrogens (tertiary/aromatic N) is 3. The first-order valence-corrected chi connectivity index (χ1v) is 6.37. The standard InChI is InChI=1S/C14H12N4O/c19-13-11-7-9-3-1-4-10(9)8-12(11)16-14(17-13)18-6-2-5-15-18/h2,5-8H,1,3-4H2,(H,16,17,19). The lowest BCUT2D eigenvalue weighted by molar-refractivity contribution is 0.810. The monoisotopic (exact) mass is 252 g/mol. The number of aromatic nitrogens is 4. The van der Waals surface area contributed by atoms with Crippen LogP contribution in [0, 0.1) is 0 Å². The van der Waals surface area contributed by atoms with Crippen LogP contribution in [0.2, 0.25) is 0 Å². The van der Waals surface area contributed by atoms with E-state index in [0.717, 1.165) is 24.8 Å². The maximum atomic E-state index is 12.2. The van der Waals surface area contributed by atoms with Crippen molar-refractivity contribution in [1.29, 1.82) is 0 Å². The second-order valence-corrected chi connectivity index (χ2v) is 4.83. The van der Waals surface area contributed by atoms with Crippen molar-refractivity contribution in [3.05, 3.63) is 52.1 Å². The summed E-state index contributed by atoms with van der Waals surface area (Å²) >= 11 is 0. The molecule has 1 aliphatic carbocycles. The first-order chi connectivity index (χ1) is 9.31. The van der Waals surface area contributed by atoms with E-state index in [-0.39, 0.29) is 5.56 Å². The third-order valence-electron chi connectivity index (χ3n) is 3.63. The van der Waals surface area contributed by atoms with E-state index in [1.54, 1.807) is 23.1 Å². The number of hydrogen-bond donors (Lipinski definition) is 1. The zero-order chi connectivity index (χ0) is 12.8. The first-order valence-electron chi connectivity index (χ1n) is 6.37. The van der Waals surface area contributed by atoms with Gasteiger partial charge in [-0.15, -0.1) is 0 Å². The van der Waals surface area contributed by atoms with E-state index in [4.69, 9.17) is 0 Å².